The molecule has 27 heavy (non-hydrogen) atoms. The monoisotopic (exact) mass is 430 g/mol. The Labute approximate surface area is 156 Å². The zero-order valence-corrected chi connectivity index (χ0v) is 15.5. The second-order valence-corrected chi connectivity index (χ2v) is 8.86. The van der Waals surface area contributed by atoms with Crippen LogP contribution < -0.4 is 5.56 Å². The largest absolute Gasteiger partial charge is 0.296 e. The Kier molecular flexibility index (Phi) is 4.65. The molecular formula is C14H10N2O8S3. The Morgan fingerprint density at radius 1 is 1.04 bits per heavy atom. The minimum Gasteiger partial charge on any atom is -0.287 e. The SMILES string of the molecule is O=C(c1ccsc1)c1cc(=O)n(-c2cc(S(=O)(=O)O)ccc2S(=O)(=O)O)[nH]1. The molecule has 0 aliphatic rings. The molecule has 2 aromatic heterocycles. The highest BCUT2D eigenvalue weighted by Crippen LogP contribution is 2.23. The maximum Gasteiger partial charge on any atom is 0.296 e. The van der Waals surface area contributed by atoms with Crippen molar-refractivity contribution in [2.75, 3.05) is 0 Å². The molecule has 2 heterocycles. The zero-order valence-electron chi connectivity index (χ0n) is 13.1. The van der Waals surface area contributed by atoms with Gasteiger partial charge in [-0.15, -0.1) is 0 Å². The molecule has 0 spiro atoms. The first-order chi connectivity index (χ1) is 12.5. The molecule has 0 atom stereocenters. The molecule has 3 aromatic rings. The van der Waals surface area contributed by atoms with Crippen molar-refractivity contribution in [3.63, 3.8) is 0 Å². The lowest BCUT2D eigenvalue weighted by atomic mass is 10.2. The molecule has 10 nitrogen and oxygen atoms in total. The maximum atomic E-state index is 12.3. The predicted molar refractivity (Wildman–Crippen MR) is 93.8 cm³/mol. The molecule has 0 aliphatic heterocycles. The van der Waals surface area contributed by atoms with Crippen molar-refractivity contribution in [2.24, 2.45) is 0 Å². The molecule has 0 unspecified atom stereocenters. The van der Waals surface area contributed by atoms with Crippen LogP contribution in [0.2, 0.25) is 0 Å². The number of aromatic amines is 1. The molecule has 0 amide bonds. The van der Waals surface area contributed by atoms with Crippen LogP contribution in [0.3, 0.4) is 0 Å². The van der Waals surface area contributed by atoms with E-state index >= 15 is 0 Å². The molecule has 0 saturated carbocycles. The van der Waals surface area contributed by atoms with Gasteiger partial charge in [0.1, 0.15) is 10.6 Å². The molecule has 142 valence electrons. The number of carbonyl (C=O) groups is 1. The minimum absolute atomic E-state index is 0.183. The summed E-state index contributed by atoms with van der Waals surface area (Å²) < 4.78 is 64.9. The van der Waals surface area contributed by atoms with Gasteiger partial charge >= 0.3 is 0 Å². The van der Waals surface area contributed by atoms with E-state index in [1.54, 1.807) is 10.8 Å². The summed E-state index contributed by atoms with van der Waals surface area (Å²) in [6, 6.07) is 4.54. The molecule has 0 radical (unpaired) electrons. The third-order valence-electron chi connectivity index (χ3n) is 3.50. The molecule has 13 heteroatoms. The lowest BCUT2D eigenvalue weighted by Crippen LogP contribution is -2.18. The summed E-state index contributed by atoms with van der Waals surface area (Å²) in [5.74, 6) is -0.550. The van der Waals surface area contributed by atoms with Gasteiger partial charge in [0.15, 0.2) is 0 Å². The second-order valence-electron chi connectivity index (χ2n) is 5.26. The molecule has 3 N–H and O–H groups in total. The van der Waals surface area contributed by atoms with Crippen LogP contribution in [-0.2, 0) is 20.2 Å². The summed E-state index contributed by atoms with van der Waals surface area (Å²) >= 11 is 1.25. The number of hydrogen-bond acceptors (Lipinski definition) is 7. The van der Waals surface area contributed by atoms with E-state index in [0.717, 1.165) is 12.1 Å². The Morgan fingerprint density at radius 3 is 2.30 bits per heavy atom. The fraction of sp³-hybridized carbons (Fsp3) is 0. The van der Waals surface area contributed by atoms with Crippen LogP contribution in [0.5, 0.6) is 0 Å². The topological polar surface area (TPSA) is 164 Å². The van der Waals surface area contributed by atoms with Crippen LogP contribution in [0.1, 0.15) is 16.1 Å². The molecule has 0 bridgehead atoms. The summed E-state index contributed by atoms with van der Waals surface area (Å²) in [4.78, 5) is 23.1. The Hall–Kier alpha value is -2.58. The standard InChI is InChI=1S/C14H10N2O8S3/c17-13-6-10(14(18)8-3-4-25-7-8)15-16(13)11-5-9(26(19,20)21)1-2-12(11)27(22,23)24/h1-7,15H,(H,19,20,21)(H,22,23,24). The van der Waals surface area contributed by atoms with E-state index in [1.807, 2.05) is 0 Å². The van der Waals surface area contributed by atoms with Crippen molar-refractivity contribution >= 4 is 37.4 Å². The quantitative estimate of drug-likeness (QED) is 0.398. The lowest BCUT2D eigenvalue weighted by molar-refractivity contribution is 0.103. The molecule has 1 aromatic carbocycles. The number of H-pyrrole nitrogens is 1. The van der Waals surface area contributed by atoms with Crippen LogP contribution in [-0.4, -0.2) is 41.5 Å². The third kappa shape index (κ3) is 3.77. The van der Waals surface area contributed by atoms with Gasteiger partial charge in [0, 0.05) is 17.0 Å². The van der Waals surface area contributed by atoms with Gasteiger partial charge in [0.2, 0.25) is 5.78 Å². The zero-order chi connectivity index (χ0) is 20.0. The Bertz CT molecular complexity index is 1300. The van der Waals surface area contributed by atoms with E-state index in [-0.39, 0.29) is 11.3 Å². The van der Waals surface area contributed by atoms with E-state index in [9.17, 15) is 31.0 Å². The Morgan fingerprint density at radius 2 is 1.74 bits per heavy atom. The number of aromatic nitrogens is 2. The fourth-order valence-electron chi connectivity index (χ4n) is 2.29. The summed E-state index contributed by atoms with van der Waals surface area (Å²) in [6.45, 7) is 0. The lowest BCUT2D eigenvalue weighted by Gasteiger charge is -2.09. The number of hydrogen-bond donors (Lipinski definition) is 3. The average Bonchev–Trinajstić information content (AvgIpc) is 3.21. The minimum atomic E-state index is -4.85. The van der Waals surface area contributed by atoms with Crippen LogP contribution in [0.15, 0.2) is 55.7 Å². The van der Waals surface area contributed by atoms with Gasteiger partial charge in [-0.1, -0.05) is 0 Å². The predicted octanol–water partition coefficient (Wildman–Crippen LogP) is 0.952. The number of thiophene rings is 1. The van der Waals surface area contributed by atoms with Crippen LogP contribution >= 0.6 is 11.3 Å². The van der Waals surface area contributed by atoms with Crippen LogP contribution in [0.25, 0.3) is 5.69 Å². The summed E-state index contributed by atoms with van der Waals surface area (Å²) in [5, 5.41) is 5.57. The number of nitrogens with one attached hydrogen (secondary N) is 1. The van der Waals surface area contributed by atoms with E-state index in [4.69, 9.17) is 4.55 Å². The maximum absolute atomic E-state index is 12.3. The van der Waals surface area contributed by atoms with Gasteiger partial charge in [-0.25, -0.2) is 4.68 Å². The first-order valence-corrected chi connectivity index (χ1v) is 10.8. The van der Waals surface area contributed by atoms with Gasteiger partial charge < -0.3 is 0 Å². The van der Waals surface area contributed by atoms with Gasteiger partial charge in [-0.3, -0.25) is 23.8 Å². The number of carbonyl (C=O) groups excluding carboxylic acids is 1. The van der Waals surface area contributed by atoms with E-state index in [2.05, 4.69) is 5.10 Å². The number of rotatable bonds is 5. The smallest absolute Gasteiger partial charge is 0.287 e. The fourth-order valence-corrected chi connectivity index (χ4v) is 4.08. The first-order valence-electron chi connectivity index (χ1n) is 6.97. The normalized spacial score (nSPS) is 12.2. The van der Waals surface area contributed by atoms with Crippen molar-refractivity contribution in [3.8, 4) is 5.69 Å². The molecule has 0 fully saturated rings. The van der Waals surface area contributed by atoms with Crippen LogP contribution in [0, 0.1) is 0 Å². The number of benzene rings is 1. The van der Waals surface area contributed by atoms with Crippen LogP contribution in [0.4, 0.5) is 0 Å². The summed E-state index contributed by atoms with van der Waals surface area (Å²) in [5.41, 5.74) is -1.36. The van der Waals surface area contributed by atoms with E-state index in [0.29, 0.717) is 16.8 Å². The van der Waals surface area contributed by atoms with Gasteiger partial charge in [-0.05, 0) is 29.6 Å². The van der Waals surface area contributed by atoms with Crippen molar-refractivity contribution < 1.29 is 30.7 Å². The first kappa shape index (κ1) is 19.2. The van der Waals surface area contributed by atoms with Gasteiger partial charge in [0.05, 0.1) is 10.6 Å². The van der Waals surface area contributed by atoms with E-state index < -0.39 is 47.1 Å². The molecular weight excluding hydrogens is 420 g/mol. The van der Waals surface area contributed by atoms with Gasteiger partial charge in [-0.2, -0.15) is 28.2 Å². The number of nitrogens with zero attached hydrogens (tertiary/aromatic N) is 1. The highest BCUT2D eigenvalue weighted by molar-refractivity contribution is 7.86. The molecule has 3 rings (SSSR count). The van der Waals surface area contributed by atoms with Crippen molar-refractivity contribution in [2.45, 2.75) is 9.79 Å². The summed E-state index contributed by atoms with van der Waals surface area (Å²) in [6.07, 6.45) is 0. The van der Waals surface area contributed by atoms with Gasteiger partial charge in [0.25, 0.3) is 25.8 Å². The third-order valence-corrected chi connectivity index (χ3v) is 5.93. The summed E-state index contributed by atoms with van der Waals surface area (Å²) in [7, 11) is -9.58. The van der Waals surface area contributed by atoms with Crippen molar-refractivity contribution in [1.29, 1.82) is 0 Å². The number of ketones is 1. The van der Waals surface area contributed by atoms with E-state index in [1.165, 1.54) is 17.4 Å². The second kappa shape index (κ2) is 6.54. The van der Waals surface area contributed by atoms with Crippen molar-refractivity contribution in [1.82, 2.24) is 9.78 Å². The highest BCUT2D eigenvalue weighted by atomic mass is 32.2. The Balaban J connectivity index is 2.24. The average molecular weight is 430 g/mol. The molecule has 0 aliphatic carbocycles. The highest BCUT2D eigenvalue weighted by Gasteiger charge is 2.23. The van der Waals surface area contributed by atoms with Crippen molar-refractivity contribution in [3.05, 3.63) is 62.7 Å². The molecule has 0 saturated heterocycles.